The van der Waals surface area contributed by atoms with Gasteiger partial charge >= 0.3 is 0 Å². The number of nitriles is 1. The lowest BCUT2D eigenvalue weighted by Crippen LogP contribution is -2.38. The molecule has 1 aliphatic heterocycles. The molecule has 1 aromatic rings. The van der Waals surface area contributed by atoms with Gasteiger partial charge in [0.25, 0.3) is 0 Å². The maximum absolute atomic E-state index is 8.93. The van der Waals surface area contributed by atoms with Crippen LogP contribution in [0.5, 0.6) is 0 Å². The van der Waals surface area contributed by atoms with Crippen LogP contribution in [0.25, 0.3) is 5.70 Å². The molecule has 1 saturated heterocycles. The van der Waals surface area contributed by atoms with E-state index >= 15 is 0 Å². The number of aromatic nitrogens is 2. The molecule has 0 unspecified atom stereocenters. The third kappa shape index (κ3) is 3.48. The Hall–Kier alpha value is -1.86. The van der Waals surface area contributed by atoms with Gasteiger partial charge in [0, 0.05) is 24.7 Å². The topological polar surface area (TPSA) is 44.9 Å². The fourth-order valence-electron chi connectivity index (χ4n) is 3.23. The van der Waals surface area contributed by atoms with Crippen LogP contribution in [0.2, 0.25) is 0 Å². The van der Waals surface area contributed by atoms with Gasteiger partial charge in [0.1, 0.15) is 0 Å². The lowest BCUT2D eigenvalue weighted by atomic mass is 9.78. The van der Waals surface area contributed by atoms with Crippen molar-refractivity contribution < 1.29 is 0 Å². The van der Waals surface area contributed by atoms with Gasteiger partial charge in [-0.05, 0) is 50.3 Å². The zero-order chi connectivity index (χ0) is 15.4. The summed E-state index contributed by atoms with van der Waals surface area (Å²) in [5.74, 6) is 0. The fraction of sp³-hybridized carbons (Fsp3) is 0.556. The van der Waals surface area contributed by atoms with E-state index in [4.69, 9.17) is 5.26 Å². The van der Waals surface area contributed by atoms with Gasteiger partial charge in [0.15, 0.2) is 0 Å². The molecule has 0 bridgehead atoms. The van der Waals surface area contributed by atoms with Crippen molar-refractivity contribution in [2.24, 2.45) is 5.41 Å². The van der Waals surface area contributed by atoms with E-state index in [0.717, 1.165) is 45.3 Å². The second-order valence-electron chi connectivity index (χ2n) is 6.82. The van der Waals surface area contributed by atoms with E-state index < -0.39 is 0 Å². The predicted octanol–water partition coefficient (Wildman–Crippen LogP) is 3.59. The van der Waals surface area contributed by atoms with E-state index in [1.807, 2.05) is 10.9 Å². The summed E-state index contributed by atoms with van der Waals surface area (Å²) in [6, 6.07) is 2.34. The van der Waals surface area contributed by atoms with Crippen molar-refractivity contribution in [3.8, 4) is 6.07 Å². The molecular formula is C18H24N4. The molecule has 0 N–H and O–H groups in total. The third-order valence-corrected chi connectivity index (χ3v) is 4.85. The summed E-state index contributed by atoms with van der Waals surface area (Å²) >= 11 is 0. The van der Waals surface area contributed by atoms with Crippen LogP contribution in [-0.2, 0) is 6.54 Å². The van der Waals surface area contributed by atoms with Crippen LogP contribution in [0.4, 0.5) is 0 Å². The zero-order valence-corrected chi connectivity index (χ0v) is 13.3. The van der Waals surface area contributed by atoms with Crippen molar-refractivity contribution in [2.75, 3.05) is 13.1 Å². The maximum Gasteiger partial charge on any atom is 0.0627 e. The molecule has 0 aromatic carbocycles. The highest BCUT2D eigenvalue weighted by molar-refractivity contribution is 5.57. The number of hydrogen-bond acceptors (Lipinski definition) is 3. The second kappa shape index (κ2) is 6.50. The summed E-state index contributed by atoms with van der Waals surface area (Å²) in [5, 5.41) is 13.4. The highest BCUT2D eigenvalue weighted by Gasteiger charge is 2.29. The molecular weight excluding hydrogens is 272 g/mol. The Kier molecular flexibility index (Phi) is 4.44. The molecule has 4 heteroatoms. The molecule has 1 aromatic heterocycles. The van der Waals surface area contributed by atoms with Gasteiger partial charge in [-0.1, -0.05) is 19.1 Å². The van der Waals surface area contributed by atoms with Crippen LogP contribution in [0, 0.1) is 16.7 Å². The number of nitrogens with zero attached hydrogens (tertiary/aromatic N) is 4. The summed E-state index contributed by atoms with van der Waals surface area (Å²) in [7, 11) is 0. The lowest BCUT2D eigenvalue weighted by Gasteiger charge is -2.37. The smallest absolute Gasteiger partial charge is 0.0627 e. The van der Waals surface area contributed by atoms with Crippen molar-refractivity contribution in [3.05, 3.63) is 36.2 Å². The Morgan fingerprint density at radius 3 is 2.82 bits per heavy atom. The Bertz CT molecular complexity index is 609. The first-order valence-corrected chi connectivity index (χ1v) is 8.18. The highest BCUT2D eigenvalue weighted by Crippen LogP contribution is 2.34. The van der Waals surface area contributed by atoms with E-state index in [9.17, 15) is 0 Å². The number of piperidine rings is 1. The maximum atomic E-state index is 8.93. The normalized spacial score (nSPS) is 21.4. The molecule has 2 aliphatic rings. The minimum absolute atomic E-state index is 0.215. The van der Waals surface area contributed by atoms with Crippen LogP contribution in [-0.4, -0.2) is 27.8 Å². The Balaban J connectivity index is 1.57. The van der Waals surface area contributed by atoms with E-state index in [2.05, 4.69) is 47.4 Å². The number of likely N-dealkylation sites (tertiary alicyclic amines) is 1. The monoisotopic (exact) mass is 296 g/mol. The van der Waals surface area contributed by atoms with Gasteiger partial charge in [0.2, 0.25) is 0 Å². The third-order valence-electron chi connectivity index (χ3n) is 4.85. The SMILES string of the molecule is CC1(CC#N)CCN(Cc2cnn(C3=CCCC=C3)c2)CC1. The van der Waals surface area contributed by atoms with E-state index in [1.165, 1.54) is 11.3 Å². The summed E-state index contributed by atoms with van der Waals surface area (Å²) in [6.07, 6.45) is 15.9. The average molecular weight is 296 g/mol. The molecule has 116 valence electrons. The molecule has 0 radical (unpaired) electrons. The van der Waals surface area contributed by atoms with Gasteiger partial charge in [-0.3, -0.25) is 4.90 Å². The summed E-state index contributed by atoms with van der Waals surface area (Å²) < 4.78 is 1.98. The standard InChI is InChI=1S/C18H24N4/c1-18(7-10-19)8-11-21(12-9-18)14-16-13-20-22(15-16)17-5-3-2-4-6-17/h3,5-6,13,15H,2,4,7-9,11-12,14H2,1H3. The first-order valence-electron chi connectivity index (χ1n) is 8.18. The molecule has 0 spiro atoms. The minimum Gasteiger partial charge on any atom is -0.299 e. The highest BCUT2D eigenvalue weighted by atomic mass is 15.3. The molecule has 22 heavy (non-hydrogen) atoms. The predicted molar refractivity (Wildman–Crippen MR) is 87.7 cm³/mol. The molecule has 2 heterocycles. The Morgan fingerprint density at radius 1 is 1.32 bits per heavy atom. The largest absolute Gasteiger partial charge is 0.299 e. The second-order valence-corrected chi connectivity index (χ2v) is 6.82. The van der Waals surface area contributed by atoms with Gasteiger partial charge < -0.3 is 0 Å². The van der Waals surface area contributed by atoms with Gasteiger partial charge in [0.05, 0.1) is 18.0 Å². The van der Waals surface area contributed by atoms with Crippen molar-refractivity contribution >= 4 is 5.70 Å². The van der Waals surface area contributed by atoms with E-state index in [0.29, 0.717) is 6.42 Å². The van der Waals surface area contributed by atoms with Crippen molar-refractivity contribution in [1.82, 2.24) is 14.7 Å². The molecule has 1 aliphatic carbocycles. The molecule has 4 nitrogen and oxygen atoms in total. The zero-order valence-electron chi connectivity index (χ0n) is 13.3. The van der Waals surface area contributed by atoms with E-state index in [-0.39, 0.29) is 5.41 Å². The van der Waals surface area contributed by atoms with Gasteiger partial charge in [-0.2, -0.15) is 10.4 Å². The number of rotatable bonds is 4. The van der Waals surface area contributed by atoms with Crippen LogP contribution in [0.3, 0.4) is 0 Å². The minimum atomic E-state index is 0.215. The molecule has 3 rings (SSSR count). The summed E-state index contributed by atoms with van der Waals surface area (Å²) in [6.45, 7) is 5.35. The number of allylic oxidation sites excluding steroid dienone is 4. The first-order chi connectivity index (χ1) is 10.7. The number of hydrogen-bond donors (Lipinski definition) is 0. The summed E-state index contributed by atoms with van der Waals surface area (Å²) in [5.41, 5.74) is 2.66. The van der Waals surface area contributed by atoms with Crippen molar-refractivity contribution in [2.45, 2.75) is 45.6 Å². The Labute approximate surface area is 132 Å². The molecule has 0 atom stereocenters. The molecule has 0 saturated carbocycles. The summed E-state index contributed by atoms with van der Waals surface area (Å²) in [4.78, 5) is 2.48. The van der Waals surface area contributed by atoms with Crippen molar-refractivity contribution in [3.63, 3.8) is 0 Å². The quantitative estimate of drug-likeness (QED) is 0.853. The lowest BCUT2D eigenvalue weighted by molar-refractivity contribution is 0.116. The first kappa shape index (κ1) is 15.1. The molecule has 0 amide bonds. The van der Waals surface area contributed by atoms with Crippen LogP contribution in [0.1, 0.15) is 44.6 Å². The van der Waals surface area contributed by atoms with Crippen LogP contribution < -0.4 is 0 Å². The van der Waals surface area contributed by atoms with Gasteiger partial charge in [-0.25, -0.2) is 4.68 Å². The van der Waals surface area contributed by atoms with E-state index in [1.54, 1.807) is 0 Å². The average Bonchev–Trinajstić information content (AvgIpc) is 3.00. The van der Waals surface area contributed by atoms with Crippen LogP contribution in [0.15, 0.2) is 30.6 Å². The van der Waals surface area contributed by atoms with Crippen LogP contribution >= 0.6 is 0 Å². The van der Waals surface area contributed by atoms with Crippen molar-refractivity contribution in [1.29, 1.82) is 5.26 Å². The fourth-order valence-corrected chi connectivity index (χ4v) is 3.23. The Morgan fingerprint density at radius 2 is 2.14 bits per heavy atom. The van der Waals surface area contributed by atoms with Gasteiger partial charge in [-0.15, -0.1) is 0 Å². The molecule has 1 fully saturated rings.